The molecule has 0 aliphatic carbocycles. The lowest BCUT2D eigenvalue weighted by atomic mass is 10.0. The van der Waals surface area contributed by atoms with Gasteiger partial charge in [-0.05, 0) is 43.9 Å². The fourth-order valence-electron chi connectivity index (χ4n) is 3.18. The van der Waals surface area contributed by atoms with Gasteiger partial charge in [0.15, 0.2) is 11.5 Å². The molecule has 0 aliphatic heterocycles. The van der Waals surface area contributed by atoms with Crippen molar-refractivity contribution in [1.29, 1.82) is 0 Å². The topological polar surface area (TPSA) is 85.3 Å². The molecule has 0 fully saturated rings. The Kier molecular flexibility index (Phi) is 9.84. The predicted molar refractivity (Wildman–Crippen MR) is 118 cm³/mol. The van der Waals surface area contributed by atoms with E-state index >= 15 is 0 Å². The summed E-state index contributed by atoms with van der Waals surface area (Å²) in [6, 6.07) is 15.1. The number of ether oxygens (including phenoxy) is 3. The zero-order valence-electron chi connectivity index (χ0n) is 18.4. The molecular weight excluding hydrogens is 398 g/mol. The number of aliphatic carboxylic acids is 1. The van der Waals surface area contributed by atoms with Gasteiger partial charge in [-0.1, -0.05) is 24.3 Å². The number of benzene rings is 2. The number of para-hydroxylation sites is 2. The first kappa shape index (κ1) is 24.2. The van der Waals surface area contributed by atoms with Crippen LogP contribution in [0.1, 0.15) is 24.8 Å². The van der Waals surface area contributed by atoms with Crippen LogP contribution in [0.25, 0.3) is 0 Å². The Balaban J connectivity index is 1.98. The van der Waals surface area contributed by atoms with E-state index in [4.69, 9.17) is 19.3 Å². The molecule has 2 aromatic rings. The van der Waals surface area contributed by atoms with E-state index in [0.29, 0.717) is 31.3 Å². The van der Waals surface area contributed by atoms with Crippen LogP contribution in [0.2, 0.25) is 0 Å². The zero-order chi connectivity index (χ0) is 22.6. The van der Waals surface area contributed by atoms with Crippen molar-refractivity contribution >= 4 is 11.8 Å². The Morgan fingerprint density at radius 1 is 1.00 bits per heavy atom. The molecule has 0 amide bonds. The fourth-order valence-corrected chi connectivity index (χ4v) is 3.18. The lowest BCUT2D eigenvalue weighted by molar-refractivity contribution is -0.138. The second kappa shape index (κ2) is 12.6. The van der Waals surface area contributed by atoms with E-state index in [0.717, 1.165) is 11.3 Å². The molecule has 2 rings (SSSR count). The number of methoxy groups -OCH3 is 1. The number of ketones is 1. The van der Waals surface area contributed by atoms with Gasteiger partial charge < -0.3 is 24.2 Å². The normalized spacial score (nSPS) is 11.7. The molecule has 168 valence electrons. The summed E-state index contributed by atoms with van der Waals surface area (Å²) in [5.41, 5.74) is 0.976. The van der Waals surface area contributed by atoms with Gasteiger partial charge in [-0.25, -0.2) is 0 Å². The van der Waals surface area contributed by atoms with E-state index in [1.54, 1.807) is 7.11 Å². The molecule has 0 spiro atoms. The van der Waals surface area contributed by atoms with E-state index in [9.17, 15) is 9.59 Å². The molecule has 7 heteroatoms. The molecule has 0 aromatic heterocycles. The van der Waals surface area contributed by atoms with Crippen molar-refractivity contribution in [1.82, 2.24) is 4.90 Å². The number of Topliss-reactive ketones (excluding diaryl/α,β-unsaturated/α-hetero) is 1. The van der Waals surface area contributed by atoms with Crippen molar-refractivity contribution in [3.63, 3.8) is 0 Å². The largest absolute Gasteiger partial charge is 0.497 e. The van der Waals surface area contributed by atoms with Gasteiger partial charge in [0.2, 0.25) is 0 Å². The molecule has 0 saturated heterocycles. The van der Waals surface area contributed by atoms with Gasteiger partial charge in [0.05, 0.1) is 20.1 Å². The zero-order valence-corrected chi connectivity index (χ0v) is 18.4. The molecule has 1 N–H and O–H groups in total. The van der Waals surface area contributed by atoms with Crippen molar-refractivity contribution in [2.24, 2.45) is 5.92 Å². The van der Waals surface area contributed by atoms with E-state index in [1.807, 2.05) is 67.5 Å². The van der Waals surface area contributed by atoms with Gasteiger partial charge in [-0.3, -0.25) is 9.59 Å². The minimum Gasteiger partial charge on any atom is -0.497 e. The second-order valence-corrected chi connectivity index (χ2v) is 7.66. The maximum absolute atomic E-state index is 12.2. The highest BCUT2D eigenvalue weighted by molar-refractivity contribution is 5.82. The fraction of sp³-hybridized carbons (Fsp3) is 0.417. The monoisotopic (exact) mass is 429 g/mol. The minimum absolute atomic E-state index is 0.0412. The van der Waals surface area contributed by atoms with Crippen LogP contribution < -0.4 is 14.2 Å². The molecule has 0 bridgehead atoms. The Morgan fingerprint density at radius 2 is 1.71 bits per heavy atom. The Bertz CT molecular complexity index is 851. The van der Waals surface area contributed by atoms with Crippen LogP contribution in [0, 0.1) is 5.92 Å². The number of nitrogens with zero attached hydrogens (tertiary/aromatic N) is 1. The Hall–Kier alpha value is -3.06. The van der Waals surface area contributed by atoms with Gasteiger partial charge >= 0.3 is 5.97 Å². The summed E-state index contributed by atoms with van der Waals surface area (Å²) in [4.78, 5) is 24.9. The highest BCUT2D eigenvalue weighted by Crippen LogP contribution is 2.28. The standard InChI is InChI=1S/C24H31NO6/c1-25(2)15-19(13-20(26)11-12-24(27)28)17-31-23-10-5-4-9-22(23)30-16-18-7-6-8-21(14-18)29-3/h4-10,14,19H,11-13,15-17H2,1-3H3,(H,27,28)/t19-/m0/s1. The summed E-state index contributed by atoms with van der Waals surface area (Å²) < 4.78 is 17.2. The molecule has 0 unspecified atom stereocenters. The average Bonchev–Trinajstić information content (AvgIpc) is 2.75. The van der Waals surface area contributed by atoms with E-state index in [1.165, 1.54) is 0 Å². The van der Waals surface area contributed by atoms with Crippen molar-refractivity contribution in [3.05, 3.63) is 54.1 Å². The van der Waals surface area contributed by atoms with Crippen LogP contribution in [-0.2, 0) is 16.2 Å². The molecular formula is C24H31NO6. The molecule has 7 nitrogen and oxygen atoms in total. The van der Waals surface area contributed by atoms with Gasteiger partial charge in [0.25, 0.3) is 0 Å². The number of hydrogen-bond acceptors (Lipinski definition) is 6. The first-order chi connectivity index (χ1) is 14.9. The summed E-state index contributed by atoms with van der Waals surface area (Å²) in [5.74, 6) is 0.905. The highest BCUT2D eigenvalue weighted by atomic mass is 16.5. The van der Waals surface area contributed by atoms with Gasteiger partial charge in [0, 0.05) is 25.3 Å². The predicted octanol–water partition coefficient (Wildman–Crippen LogP) is 3.65. The van der Waals surface area contributed by atoms with Crippen LogP contribution in [0.5, 0.6) is 17.2 Å². The third-order valence-electron chi connectivity index (χ3n) is 4.61. The number of carbonyl (C=O) groups excluding carboxylic acids is 1. The molecule has 0 heterocycles. The lowest BCUT2D eigenvalue weighted by Crippen LogP contribution is -2.28. The van der Waals surface area contributed by atoms with Crippen LogP contribution in [0.15, 0.2) is 48.5 Å². The molecule has 0 aliphatic rings. The summed E-state index contributed by atoms with van der Waals surface area (Å²) in [5, 5.41) is 8.78. The highest BCUT2D eigenvalue weighted by Gasteiger charge is 2.18. The van der Waals surface area contributed by atoms with Gasteiger partial charge in [0.1, 0.15) is 18.1 Å². The van der Waals surface area contributed by atoms with Crippen molar-refractivity contribution in [3.8, 4) is 17.2 Å². The number of carboxylic acids is 1. The van der Waals surface area contributed by atoms with E-state index in [2.05, 4.69) is 0 Å². The first-order valence-electron chi connectivity index (χ1n) is 10.2. The van der Waals surface area contributed by atoms with Crippen molar-refractivity contribution < 1.29 is 28.9 Å². The van der Waals surface area contributed by atoms with Crippen LogP contribution in [0.4, 0.5) is 0 Å². The summed E-state index contributed by atoms with van der Waals surface area (Å²) in [6.07, 6.45) is 0.174. The lowest BCUT2D eigenvalue weighted by Gasteiger charge is -2.21. The Labute approximate surface area is 183 Å². The van der Waals surface area contributed by atoms with Crippen LogP contribution in [-0.4, -0.2) is 56.1 Å². The van der Waals surface area contributed by atoms with E-state index < -0.39 is 5.97 Å². The smallest absolute Gasteiger partial charge is 0.303 e. The number of rotatable bonds is 14. The number of carboxylic acid groups (broad SMARTS) is 1. The van der Waals surface area contributed by atoms with Gasteiger partial charge in [-0.2, -0.15) is 0 Å². The van der Waals surface area contributed by atoms with E-state index in [-0.39, 0.29) is 31.0 Å². The number of carbonyl (C=O) groups is 2. The minimum atomic E-state index is -0.962. The quantitative estimate of drug-likeness (QED) is 0.491. The molecule has 2 aromatic carbocycles. The summed E-state index contributed by atoms with van der Waals surface area (Å²) >= 11 is 0. The third kappa shape index (κ3) is 9.09. The first-order valence-corrected chi connectivity index (χ1v) is 10.2. The summed E-state index contributed by atoms with van der Waals surface area (Å²) in [6.45, 7) is 1.36. The second-order valence-electron chi connectivity index (χ2n) is 7.66. The molecule has 31 heavy (non-hydrogen) atoms. The maximum atomic E-state index is 12.2. The average molecular weight is 430 g/mol. The Morgan fingerprint density at radius 3 is 2.35 bits per heavy atom. The number of hydrogen-bond donors (Lipinski definition) is 1. The maximum Gasteiger partial charge on any atom is 0.303 e. The third-order valence-corrected chi connectivity index (χ3v) is 4.61. The summed E-state index contributed by atoms with van der Waals surface area (Å²) in [7, 11) is 5.49. The molecule has 0 radical (unpaired) electrons. The van der Waals surface area contributed by atoms with Crippen LogP contribution >= 0.6 is 0 Å². The van der Waals surface area contributed by atoms with Crippen molar-refractivity contribution in [2.75, 3.05) is 34.4 Å². The molecule has 1 atom stereocenters. The van der Waals surface area contributed by atoms with Gasteiger partial charge in [-0.15, -0.1) is 0 Å². The van der Waals surface area contributed by atoms with Crippen LogP contribution in [0.3, 0.4) is 0 Å². The van der Waals surface area contributed by atoms with Crippen molar-refractivity contribution in [2.45, 2.75) is 25.9 Å². The molecule has 0 saturated carbocycles. The SMILES string of the molecule is COc1cccc(COc2ccccc2OC[C@@H](CC(=O)CCC(=O)O)CN(C)C)c1.